The van der Waals surface area contributed by atoms with E-state index in [1.807, 2.05) is 45.9 Å². The fourth-order valence-electron chi connectivity index (χ4n) is 1.87. The Kier molecular flexibility index (Phi) is 13.4. The summed E-state index contributed by atoms with van der Waals surface area (Å²) in [7, 11) is 0. The van der Waals surface area contributed by atoms with Crippen LogP contribution in [-0.4, -0.2) is 0 Å². The van der Waals surface area contributed by atoms with Crippen molar-refractivity contribution in [3.8, 4) is 0 Å². The van der Waals surface area contributed by atoms with Gasteiger partial charge >= 0.3 is 0 Å². The van der Waals surface area contributed by atoms with Crippen LogP contribution in [0.2, 0.25) is 0 Å². The minimum atomic E-state index is 0.941. The average Bonchev–Trinajstić information content (AvgIpc) is 2.51. The summed E-state index contributed by atoms with van der Waals surface area (Å²) < 4.78 is 0. The summed E-state index contributed by atoms with van der Waals surface area (Å²) in [6.07, 6.45) is 11.9. The molecule has 0 fully saturated rings. The van der Waals surface area contributed by atoms with E-state index in [4.69, 9.17) is 0 Å². The Balaban J connectivity index is 0. The van der Waals surface area contributed by atoms with Crippen molar-refractivity contribution < 1.29 is 0 Å². The molecule has 0 saturated carbocycles. The molecule has 1 aliphatic carbocycles. The third kappa shape index (κ3) is 6.24. The molecule has 1 rings (SSSR count). The van der Waals surface area contributed by atoms with Crippen molar-refractivity contribution in [1.82, 2.24) is 0 Å². The lowest BCUT2D eigenvalue weighted by Gasteiger charge is -2.21. The van der Waals surface area contributed by atoms with Crippen LogP contribution in [0.4, 0.5) is 0 Å². The Morgan fingerprint density at radius 1 is 0.789 bits per heavy atom. The van der Waals surface area contributed by atoms with Crippen molar-refractivity contribution in [2.45, 2.75) is 47.5 Å². The molecule has 0 amide bonds. The second-order valence-electron chi connectivity index (χ2n) is 3.55. The van der Waals surface area contributed by atoms with Crippen LogP contribution < -0.4 is 0 Å². The molecule has 0 aromatic heterocycles. The van der Waals surface area contributed by atoms with E-state index in [2.05, 4.69) is 38.8 Å². The maximum atomic E-state index is 3.85. The van der Waals surface area contributed by atoms with Crippen molar-refractivity contribution in [3.63, 3.8) is 0 Å². The van der Waals surface area contributed by atoms with Gasteiger partial charge in [0, 0.05) is 0 Å². The lowest BCUT2D eigenvalue weighted by atomic mass is 9.83. The highest BCUT2D eigenvalue weighted by molar-refractivity contribution is 5.50. The first-order valence-electron chi connectivity index (χ1n) is 7.20. The number of hydrogen-bond donors (Lipinski definition) is 0. The zero-order valence-electron chi connectivity index (χ0n) is 13.4. The molecule has 0 bridgehead atoms. The average molecular weight is 258 g/mol. The van der Waals surface area contributed by atoms with Gasteiger partial charge in [0.05, 0.1) is 0 Å². The summed E-state index contributed by atoms with van der Waals surface area (Å²) >= 11 is 0. The molecule has 0 aliphatic heterocycles. The van der Waals surface area contributed by atoms with E-state index in [-0.39, 0.29) is 0 Å². The van der Waals surface area contributed by atoms with E-state index < -0.39 is 0 Å². The molecule has 0 nitrogen and oxygen atoms in total. The Morgan fingerprint density at radius 2 is 1.21 bits per heavy atom. The second kappa shape index (κ2) is 12.9. The lowest BCUT2D eigenvalue weighted by molar-refractivity contribution is 0.993. The monoisotopic (exact) mass is 258 g/mol. The summed E-state index contributed by atoms with van der Waals surface area (Å²) in [5.41, 5.74) is 5.28. The van der Waals surface area contributed by atoms with Gasteiger partial charge in [0.15, 0.2) is 0 Å². The zero-order valence-corrected chi connectivity index (χ0v) is 13.4. The topological polar surface area (TPSA) is 0 Å². The van der Waals surface area contributed by atoms with Gasteiger partial charge in [0.1, 0.15) is 0 Å². The van der Waals surface area contributed by atoms with Gasteiger partial charge in [-0.2, -0.15) is 0 Å². The molecule has 0 spiro atoms. The van der Waals surface area contributed by atoms with Crippen molar-refractivity contribution in [2.75, 3.05) is 0 Å². The van der Waals surface area contributed by atoms with Crippen LogP contribution in [-0.2, 0) is 0 Å². The standard InChI is InChI=1S/C15H18.2C2H6/c1-5-9-15-11-13(7-3)12(6-2)10-14(15)8-4;2*1-2/h5-9H,1-3,10-11H2,4H3;2*1-2H3/b14-8-,15-9-;;. The number of hydrogen-bond acceptors (Lipinski definition) is 0. The van der Waals surface area contributed by atoms with Gasteiger partial charge in [0.2, 0.25) is 0 Å². The number of rotatable bonds is 3. The van der Waals surface area contributed by atoms with Crippen LogP contribution in [0.15, 0.2) is 72.4 Å². The van der Waals surface area contributed by atoms with Crippen molar-refractivity contribution in [3.05, 3.63) is 72.4 Å². The molecule has 0 unspecified atom stereocenters. The van der Waals surface area contributed by atoms with Crippen LogP contribution in [0.25, 0.3) is 0 Å². The first kappa shape index (κ1) is 19.8. The highest BCUT2D eigenvalue weighted by Crippen LogP contribution is 2.34. The minimum absolute atomic E-state index is 0.941. The van der Waals surface area contributed by atoms with E-state index in [9.17, 15) is 0 Å². The van der Waals surface area contributed by atoms with E-state index in [1.165, 1.54) is 22.3 Å². The Hall–Kier alpha value is -1.56. The molecule has 0 heterocycles. The summed E-state index contributed by atoms with van der Waals surface area (Å²) in [5.74, 6) is 0. The summed E-state index contributed by atoms with van der Waals surface area (Å²) in [6.45, 7) is 21.5. The smallest absolute Gasteiger partial charge is 0.00204 e. The third-order valence-corrected chi connectivity index (χ3v) is 2.75. The van der Waals surface area contributed by atoms with E-state index in [0.29, 0.717) is 0 Å². The van der Waals surface area contributed by atoms with Gasteiger partial charge in [-0.3, -0.25) is 0 Å². The quantitative estimate of drug-likeness (QED) is 0.537. The van der Waals surface area contributed by atoms with Gasteiger partial charge in [-0.25, -0.2) is 0 Å². The second-order valence-corrected chi connectivity index (χ2v) is 3.55. The SMILES string of the molecule is C=C/C=C1/CC(C=C)=C(C=C)C/C1=C/C.CC.CC. The van der Waals surface area contributed by atoms with E-state index in [1.54, 1.807) is 0 Å². The van der Waals surface area contributed by atoms with Crippen LogP contribution in [0, 0.1) is 0 Å². The van der Waals surface area contributed by atoms with Gasteiger partial charge in [0.25, 0.3) is 0 Å². The molecule has 0 aromatic carbocycles. The highest BCUT2D eigenvalue weighted by Gasteiger charge is 2.15. The summed E-state index contributed by atoms with van der Waals surface area (Å²) in [5, 5.41) is 0. The zero-order chi connectivity index (χ0) is 15.3. The lowest BCUT2D eigenvalue weighted by Crippen LogP contribution is -2.02. The molecular weight excluding hydrogens is 228 g/mol. The minimum Gasteiger partial charge on any atom is -0.0991 e. The first-order chi connectivity index (χ1) is 9.26. The van der Waals surface area contributed by atoms with Gasteiger partial charge < -0.3 is 0 Å². The fourth-order valence-corrected chi connectivity index (χ4v) is 1.87. The molecule has 1 aliphatic rings. The molecule has 106 valence electrons. The predicted molar refractivity (Wildman–Crippen MR) is 91.4 cm³/mol. The molecule has 19 heavy (non-hydrogen) atoms. The van der Waals surface area contributed by atoms with E-state index in [0.717, 1.165) is 12.8 Å². The Morgan fingerprint density at radius 3 is 1.53 bits per heavy atom. The van der Waals surface area contributed by atoms with Gasteiger partial charge in [-0.05, 0) is 42.1 Å². The molecular formula is C19H30. The molecule has 0 N–H and O–H groups in total. The first-order valence-corrected chi connectivity index (χ1v) is 7.20. The van der Waals surface area contributed by atoms with Crippen molar-refractivity contribution in [1.29, 1.82) is 0 Å². The van der Waals surface area contributed by atoms with Crippen molar-refractivity contribution >= 4 is 0 Å². The van der Waals surface area contributed by atoms with E-state index >= 15 is 0 Å². The maximum Gasteiger partial charge on any atom is -0.00204 e. The maximum absolute atomic E-state index is 3.85. The molecule has 0 heteroatoms. The Labute approximate surface area is 120 Å². The molecule has 0 saturated heterocycles. The molecule has 0 aromatic rings. The predicted octanol–water partition coefficient (Wildman–Crippen LogP) is 6.56. The summed E-state index contributed by atoms with van der Waals surface area (Å²) in [4.78, 5) is 0. The van der Waals surface area contributed by atoms with Crippen LogP contribution in [0.5, 0.6) is 0 Å². The third-order valence-electron chi connectivity index (χ3n) is 2.75. The van der Waals surface area contributed by atoms with Gasteiger partial charge in [-0.15, -0.1) is 0 Å². The Bertz CT molecular complexity index is 373. The highest BCUT2D eigenvalue weighted by atomic mass is 14.2. The van der Waals surface area contributed by atoms with Crippen molar-refractivity contribution in [2.24, 2.45) is 0 Å². The normalized spacial score (nSPS) is 17.9. The molecule has 0 atom stereocenters. The molecule has 0 radical (unpaired) electrons. The van der Waals surface area contributed by atoms with Crippen LogP contribution >= 0.6 is 0 Å². The van der Waals surface area contributed by atoms with Crippen LogP contribution in [0.1, 0.15) is 47.5 Å². The van der Waals surface area contributed by atoms with Gasteiger partial charge in [-0.1, -0.05) is 77.8 Å². The largest absolute Gasteiger partial charge is 0.0991 e. The summed E-state index contributed by atoms with van der Waals surface area (Å²) in [6, 6.07) is 0. The fraction of sp³-hybridized carbons (Fsp3) is 0.368. The van der Waals surface area contributed by atoms with Crippen LogP contribution in [0.3, 0.4) is 0 Å². The number of allylic oxidation sites excluding steroid dienone is 9.